The Morgan fingerprint density at radius 1 is 0.500 bits per heavy atom. The molecule has 300 valence electrons. The lowest BCUT2D eigenvalue weighted by Crippen LogP contribution is -2.64. The van der Waals surface area contributed by atoms with Crippen LogP contribution in [-0.4, -0.2) is 12.3 Å². The number of para-hydroxylation sites is 3. The van der Waals surface area contributed by atoms with Crippen LogP contribution < -0.4 is 31.1 Å². The van der Waals surface area contributed by atoms with Crippen molar-refractivity contribution in [1.29, 1.82) is 0 Å². The van der Waals surface area contributed by atoms with Gasteiger partial charge in [0.2, 0.25) is 0 Å². The number of aryl methyl sites for hydroxylation is 2. The Labute approximate surface area is 367 Å². The summed E-state index contributed by atoms with van der Waals surface area (Å²) in [5.74, 6) is 0. The zero-order valence-electron chi connectivity index (χ0n) is 36.1. The molecule has 4 aliphatic rings. The molecule has 3 aliphatic heterocycles. The van der Waals surface area contributed by atoms with Gasteiger partial charge in [-0.1, -0.05) is 159 Å². The first-order valence-electron chi connectivity index (χ1n) is 22.5. The summed E-state index contributed by atoms with van der Waals surface area (Å²) in [5.41, 5.74) is 23.0. The van der Waals surface area contributed by atoms with Crippen molar-refractivity contribution >= 4 is 68.6 Å². The second-order valence-electron chi connectivity index (χ2n) is 18.5. The molecule has 2 unspecified atom stereocenters. The van der Waals surface area contributed by atoms with Crippen LogP contribution in [0, 0.1) is 13.8 Å². The first kappa shape index (κ1) is 37.0. The summed E-state index contributed by atoms with van der Waals surface area (Å²) < 4.78 is 0. The first-order valence-corrected chi connectivity index (χ1v) is 22.5. The summed E-state index contributed by atoms with van der Waals surface area (Å²) in [6, 6.07) is 68.3. The van der Waals surface area contributed by atoms with E-state index in [9.17, 15) is 0 Å². The second kappa shape index (κ2) is 13.9. The first-order chi connectivity index (χ1) is 30.3. The van der Waals surface area contributed by atoms with Crippen molar-refractivity contribution in [2.75, 3.05) is 14.7 Å². The zero-order chi connectivity index (χ0) is 41.7. The standard InChI is InChI=1S/C58H50BN3/c1-39-18-11-13-26-50(39)61(51-27-14-12-19-40(51)2)46-37-53-55-54(38-46)62-56-47(57(3)34-15-16-35-58(57,62)4)24-17-25-48(56)59(55)49-36-44(42-22-9-6-10-23-42)30-33-52(49)60(53)45-31-28-43(29-32-45)41-20-7-5-8-21-41/h5-14,17-33,36-38H,15-16,34-35H2,1-4H3. The fourth-order valence-electron chi connectivity index (χ4n) is 12.0. The second-order valence-corrected chi connectivity index (χ2v) is 18.5. The third kappa shape index (κ3) is 5.25. The highest BCUT2D eigenvalue weighted by Gasteiger charge is 2.61. The lowest BCUT2D eigenvalue weighted by molar-refractivity contribution is 0.195. The molecule has 4 heteroatoms. The number of hydrogen-bond donors (Lipinski definition) is 0. The maximum absolute atomic E-state index is 2.85. The van der Waals surface area contributed by atoms with Gasteiger partial charge in [0.15, 0.2) is 0 Å². The lowest BCUT2D eigenvalue weighted by atomic mass is 9.33. The van der Waals surface area contributed by atoms with E-state index < -0.39 is 0 Å². The Balaban J connectivity index is 1.19. The van der Waals surface area contributed by atoms with E-state index in [1.807, 2.05) is 0 Å². The molecule has 3 nitrogen and oxygen atoms in total. The molecule has 0 saturated heterocycles. The molecule has 0 bridgehead atoms. The molecule has 2 atom stereocenters. The topological polar surface area (TPSA) is 9.72 Å². The van der Waals surface area contributed by atoms with Gasteiger partial charge in [-0.3, -0.25) is 0 Å². The summed E-state index contributed by atoms with van der Waals surface area (Å²) in [4.78, 5) is 7.96. The van der Waals surface area contributed by atoms with Crippen LogP contribution in [0.3, 0.4) is 0 Å². The van der Waals surface area contributed by atoms with Crippen molar-refractivity contribution in [3.05, 3.63) is 199 Å². The fraction of sp³-hybridized carbons (Fsp3) is 0.172. The highest BCUT2D eigenvalue weighted by Crippen LogP contribution is 2.62. The summed E-state index contributed by atoms with van der Waals surface area (Å²) in [6.45, 7) is 9.71. The monoisotopic (exact) mass is 799 g/mol. The van der Waals surface area contributed by atoms with Gasteiger partial charge in [0, 0.05) is 45.2 Å². The van der Waals surface area contributed by atoms with Crippen LogP contribution in [0.5, 0.6) is 0 Å². The highest BCUT2D eigenvalue weighted by molar-refractivity contribution is 7.00. The van der Waals surface area contributed by atoms with E-state index in [2.05, 4.69) is 224 Å². The van der Waals surface area contributed by atoms with Crippen LogP contribution >= 0.6 is 0 Å². The third-order valence-corrected chi connectivity index (χ3v) is 15.3. The van der Waals surface area contributed by atoms with Gasteiger partial charge in [-0.15, -0.1) is 0 Å². The molecule has 1 saturated carbocycles. The molecule has 1 aliphatic carbocycles. The summed E-state index contributed by atoms with van der Waals surface area (Å²) in [6.07, 6.45) is 4.84. The molecule has 0 aromatic heterocycles. The number of nitrogens with zero attached hydrogens (tertiary/aromatic N) is 3. The molecular weight excluding hydrogens is 749 g/mol. The van der Waals surface area contributed by atoms with E-state index in [0.29, 0.717) is 0 Å². The number of fused-ring (bicyclic) bond motifs is 7. The van der Waals surface area contributed by atoms with E-state index in [4.69, 9.17) is 0 Å². The summed E-state index contributed by atoms with van der Waals surface area (Å²) in [7, 11) is 0. The molecule has 3 heterocycles. The van der Waals surface area contributed by atoms with Crippen molar-refractivity contribution in [2.45, 2.75) is 64.3 Å². The Kier molecular flexibility index (Phi) is 8.28. The van der Waals surface area contributed by atoms with E-state index in [0.717, 1.165) is 12.1 Å². The van der Waals surface area contributed by atoms with Gasteiger partial charge in [-0.05, 0) is 131 Å². The number of anilines is 8. The van der Waals surface area contributed by atoms with Gasteiger partial charge < -0.3 is 14.7 Å². The van der Waals surface area contributed by atoms with Crippen LogP contribution in [0.2, 0.25) is 0 Å². The predicted molar refractivity (Wildman–Crippen MR) is 264 cm³/mol. The minimum absolute atomic E-state index is 0.0143. The van der Waals surface area contributed by atoms with Gasteiger partial charge in [0.1, 0.15) is 0 Å². The maximum Gasteiger partial charge on any atom is 0.252 e. The zero-order valence-corrected chi connectivity index (χ0v) is 36.1. The molecule has 0 amide bonds. The van der Waals surface area contributed by atoms with Gasteiger partial charge in [0.05, 0.1) is 11.2 Å². The van der Waals surface area contributed by atoms with Crippen LogP contribution in [0.1, 0.15) is 56.2 Å². The van der Waals surface area contributed by atoms with Gasteiger partial charge >= 0.3 is 0 Å². The Morgan fingerprint density at radius 3 is 1.76 bits per heavy atom. The smallest absolute Gasteiger partial charge is 0.252 e. The van der Waals surface area contributed by atoms with Crippen LogP contribution in [0.25, 0.3) is 22.3 Å². The maximum atomic E-state index is 2.85. The average molecular weight is 800 g/mol. The minimum atomic E-state index is -0.0917. The molecule has 0 N–H and O–H groups in total. The van der Waals surface area contributed by atoms with Crippen LogP contribution in [0.4, 0.5) is 45.5 Å². The number of benzene rings is 8. The van der Waals surface area contributed by atoms with Gasteiger partial charge in [0.25, 0.3) is 6.71 Å². The number of hydrogen-bond acceptors (Lipinski definition) is 3. The Morgan fingerprint density at radius 2 is 1.08 bits per heavy atom. The minimum Gasteiger partial charge on any atom is -0.335 e. The molecule has 8 aromatic carbocycles. The SMILES string of the molecule is Cc1ccccc1N(c1cc2c3c(c1)N1c4c(cccc4C4(C)CCCCC14C)B3c1cc(-c3ccccc3)ccc1N2c1ccc(-c2ccccc2)cc1)c1ccccc1C. The van der Waals surface area contributed by atoms with Crippen molar-refractivity contribution in [1.82, 2.24) is 0 Å². The van der Waals surface area contributed by atoms with Crippen molar-refractivity contribution in [2.24, 2.45) is 0 Å². The largest absolute Gasteiger partial charge is 0.335 e. The van der Waals surface area contributed by atoms with Gasteiger partial charge in [-0.25, -0.2) is 0 Å². The molecule has 1 fully saturated rings. The molecular formula is C58H50BN3. The Bertz CT molecular complexity index is 3000. The Hall–Kier alpha value is -6.78. The average Bonchev–Trinajstić information content (AvgIpc) is 3.53. The molecule has 8 aromatic rings. The molecule has 12 rings (SSSR count). The van der Waals surface area contributed by atoms with E-state index in [-0.39, 0.29) is 17.7 Å². The summed E-state index contributed by atoms with van der Waals surface area (Å²) >= 11 is 0. The van der Waals surface area contributed by atoms with Crippen LogP contribution in [-0.2, 0) is 5.41 Å². The predicted octanol–water partition coefficient (Wildman–Crippen LogP) is 13.5. The quantitative estimate of drug-likeness (QED) is 0.155. The molecule has 0 spiro atoms. The van der Waals surface area contributed by atoms with E-state index in [1.54, 1.807) is 0 Å². The lowest BCUT2D eigenvalue weighted by Gasteiger charge is -2.53. The molecule has 0 radical (unpaired) electrons. The fourth-order valence-corrected chi connectivity index (χ4v) is 12.0. The molecule has 62 heavy (non-hydrogen) atoms. The third-order valence-electron chi connectivity index (χ3n) is 15.3. The summed E-state index contributed by atoms with van der Waals surface area (Å²) in [5, 5.41) is 0. The van der Waals surface area contributed by atoms with E-state index in [1.165, 1.54) is 114 Å². The van der Waals surface area contributed by atoms with Crippen molar-refractivity contribution in [3.63, 3.8) is 0 Å². The highest BCUT2D eigenvalue weighted by atomic mass is 15.3. The number of rotatable bonds is 6. The normalized spacial score (nSPS) is 19.1. The van der Waals surface area contributed by atoms with Gasteiger partial charge in [-0.2, -0.15) is 0 Å². The van der Waals surface area contributed by atoms with Crippen LogP contribution in [0.15, 0.2) is 182 Å². The van der Waals surface area contributed by atoms with Crippen molar-refractivity contribution in [3.8, 4) is 22.3 Å². The van der Waals surface area contributed by atoms with Crippen molar-refractivity contribution < 1.29 is 0 Å². The van der Waals surface area contributed by atoms with E-state index >= 15 is 0 Å².